The minimum atomic E-state index is -4.00. The topological polar surface area (TPSA) is 126 Å². The summed E-state index contributed by atoms with van der Waals surface area (Å²) in [6.07, 6.45) is 0.661. The molecule has 8 nitrogen and oxygen atoms in total. The highest BCUT2D eigenvalue weighted by Crippen LogP contribution is 2.28. The van der Waals surface area contributed by atoms with Gasteiger partial charge in [-0.25, -0.2) is 8.42 Å². The van der Waals surface area contributed by atoms with Crippen LogP contribution in [0.2, 0.25) is 0 Å². The molecule has 0 saturated heterocycles. The number of fused-ring (bicyclic) bond motifs is 1. The molecule has 1 aromatic heterocycles. The van der Waals surface area contributed by atoms with Crippen LogP contribution in [0.1, 0.15) is 36.9 Å². The Morgan fingerprint density at radius 3 is 2.08 bits per heavy atom. The molecule has 1 atom stereocenters. The summed E-state index contributed by atoms with van der Waals surface area (Å²) in [7, 11) is -4.00. The van der Waals surface area contributed by atoms with Crippen molar-refractivity contribution in [3.63, 3.8) is 0 Å². The van der Waals surface area contributed by atoms with Crippen molar-refractivity contribution in [3.05, 3.63) is 84.1 Å². The maximum Gasteiger partial charge on any atom is 0.322 e. The van der Waals surface area contributed by atoms with E-state index in [2.05, 4.69) is 10.0 Å². The number of benzene rings is 3. The number of hydrogen-bond acceptors (Lipinski definition) is 5. The number of aliphatic carboxylic acids is 1. The lowest BCUT2D eigenvalue weighted by Crippen LogP contribution is -2.44. The van der Waals surface area contributed by atoms with Gasteiger partial charge in [0.1, 0.15) is 11.6 Å². The second-order valence-corrected chi connectivity index (χ2v) is 10.7. The van der Waals surface area contributed by atoms with Crippen molar-refractivity contribution in [2.24, 2.45) is 5.92 Å². The van der Waals surface area contributed by atoms with Crippen molar-refractivity contribution in [1.29, 1.82) is 0 Å². The van der Waals surface area contributed by atoms with Gasteiger partial charge in [-0.3, -0.25) is 9.59 Å². The van der Waals surface area contributed by atoms with E-state index in [0.29, 0.717) is 23.5 Å². The number of nitrogens with one attached hydrogen (secondary N) is 2. The third-order valence-corrected chi connectivity index (χ3v) is 7.57. The van der Waals surface area contributed by atoms with Crippen LogP contribution in [0.15, 0.2) is 82.1 Å². The molecule has 0 saturated carbocycles. The van der Waals surface area contributed by atoms with Crippen LogP contribution in [0.5, 0.6) is 0 Å². The molecule has 0 aliphatic heterocycles. The second kappa shape index (κ2) is 10.6. The highest BCUT2D eigenvalue weighted by atomic mass is 32.2. The summed E-state index contributed by atoms with van der Waals surface area (Å²) in [5.74, 6) is -1.68. The molecule has 9 heteroatoms. The van der Waals surface area contributed by atoms with Gasteiger partial charge < -0.3 is 14.8 Å². The molecular weight excluding hydrogens is 492 g/mol. The van der Waals surface area contributed by atoms with Gasteiger partial charge in [0.05, 0.1) is 4.90 Å². The fourth-order valence-corrected chi connectivity index (χ4v) is 5.44. The Labute approximate surface area is 215 Å². The normalized spacial score (nSPS) is 12.5. The van der Waals surface area contributed by atoms with Crippen molar-refractivity contribution in [2.75, 3.05) is 5.32 Å². The molecule has 4 rings (SSSR count). The number of sulfonamides is 1. The van der Waals surface area contributed by atoms with Crippen LogP contribution < -0.4 is 10.0 Å². The first kappa shape index (κ1) is 26.1. The minimum absolute atomic E-state index is 0.0235. The van der Waals surface area contributed by atoms with Gasteiger partial charge in [0.15, 0.2) is 5.76 Å². The van der Waals surface area contributed by atoms with Gasteiger partial charge in [0.2, 0.25) is 10.0 Å². The predicted octanol–water partition coefficient (Wildman–Crippen LogP) is 5.30. The van der Waals surface area contributed by atoms with Gasteiger partial charge in [-0.1, -0.05) is 63.2 Å². The number of anilines is 1. The average Bonchev–Trinajstić information content (AvgIpc) is 3.26. The van der Waals surface area contributed by atoms with E-state index in [4.69, 9.17) is 4.42 Å². The number of carboxylic acid groups (broad SMARTS) is 1. The Bertz CT molecular complexity index is 1540. The first-order valence-corrected chi connectivity index (χ1v) is 13.4. The quantitative estimate of drug-likeness (QED) is 0.275. The maximum absolute atomic E-state index is 12.9. The lowest BCUT2D eigenvalue weighted by Gasteiger charge is -2.18. The van der Waals surface area contributed by atoms with Crippen LogP contribution in [-0.4, -0.2) is 31.4 Å². The van der Waals surface area contributed by atoms with Crippen molar-refractivity contribution >= 4 is 38.6 Å². The number of carbonyl (C=O) groups is 2. The fourth-order valence-electron chi connectivity index (χ4n) is 4.10. The summed E-state index contributed by atoms with van der Waals surface area (Å²) in [4.78, 5) is 24.3. The largest absolute Gasteiger partial charge is 0.480 e. The van der Waals surface area contributed by atoms with E-state index in [0.717, 1.165) is 22.1 Å². The van der Waals surface area contributed by atoms with Gasteiger partial charge in [0, 0.05) is 16.6 Å². The summed E-state index contributed by atoms with van der Waals surface area (Å²) in [6.45, 7) is 5.25. The number of amides is 1. The highest BCUT2D eigenvalue weighted by molar-refractivity contribution is 7.89. The van der Waals surface area contributed by atoms with Crippen LogP contribution >= 0.6 is 0 Å². The molecule has 0 aliphatic rings. The third-order valence-electron chi connectivity index (χ3n) is 6.11. The minimum Gasteiger partial charge on any atom is -0.480 e. The van der Waals surface area contributed by atoms with E-state index in [1.165, 1.54) is 12.1 Å². The van der Waals surface area contributed by atoms with Crippen molar-refractivity contribution in [3.8, 4) is 11.1 Å². The summed E-state index contributed by atoms with van der Waals surface area (Å²) < 4.78 is 33.3. The molecule has 1 amide bonds. The van der Waals surface area contributed by atoms with Crippen LogP contribution in [-0.2, 0) is 21.2 Å². The third kappa shape index (κ3) is 5.58. The fraction of sp³-hybridized carbons (Fsp3) is 0.214. The molecule has 0 fully saturated rings. The standard InChI is InChI=1S/C28H28N2O6S/c1-4-22-23-7-5-6-8-24(23)36-26(22)27(31)29-20-13-9-18(10-14-20)19-11-15-21(16-12-19)37(34,35)30-25(17(2)3)28(32)33/h5-17,25,30H,4H2,1-3H3,(H,29,31)(H,32,33). The molecule has 0 radical (unpaired) electrons. The Balaban J connectivity index is 1.48. The molecule has 3 aromatic carbocycles. The molecule has 192 valence electrons. The highest BCUT2D eigenvalue weighted by Gasteiger charge is 2.28. The van der Waals surface area contributed by atoms with E-state index in [1.807, 2.05) is 43.3 Å². The van der Waals surface area contributed by atoms with Crippen molar-refractivity contribution in [2.45, 2.75) is 38.1 Å². The second-order valence-electron chi connectivity index (χ2n) is 9.00. The van der Waals surface area contributed by atoms with Gasteiger partial charge in [-0.2, -0.15) is 4.72 Å². The van der Waals surface area contributed by atoms with Gasteiger partial charge in [-0.15, -0.1) is 0 Å². The van der Waals surface area contributed by atoms with Crippen LogP contribution in [0.25, 0.3) is 22.1 Å². The SMILES string of the molecule is CCc1c(C(=O)Nc2ccc(-c3ccc(S(=O)(=O)NC(C(=O)O)C(C)C)cc3)cc2)oc2ccccc12. The molecule has 3 N–H and O–H groups in total. The Morgan fingerprint density at radius 1 is 0.919 bits per heavy atom. The van der Waals surface area contributed by atoms with Crippen LogP contribution in [0.4, 0.5) is 5.69 Å². The lowest BCUT2D eigenvalue weighted by atomic mass is 10.1. The van der Waals surface area contributed by atoms with E-state index in [-0.39, 0.29) is 10.8 Å². The van der Waals surface area contributed by atoms with E-state index in [9.17, 15) is 23.1 Å². The molecular formula is C28H28N2O6S. The Kier molecular flexibility index (Phi) is 7.47. The number of carbonyl (C=O) groups excluding carboxylic acids is 1. The zero-order valence-corrected chi connectivity index (χ0v) is 21.5. The number of furan rings is 1. The van der Waals surface area contributed by atoms with Gasteiger partial charge in [-0.05, 0) is 53.8 Å². The molecule has 0 bridgehead atoms. The average molecular weight is 521 g/mol. The number of carboxylic acids is 1. The summed E-state index contributed by atoms with van der Waals surface area (Å²) in [5.41, 5.74) is 3.70. The number of rotatable bonds is 9. The summed E-state index contributed by atoms with van der Waals surface area (Å²) >= 11 is 0. The van der Waals surface area contributed by atoms with E-state index < -0.39 is 28.0 Å². The van der Waals surface area contributed by atoms with Crippen LogP contribution in [0, 0.1) is 5.92 Å². The van der Waals surface area contributed by atoms with Gasteiger partial charge >= 0.3 is 5.97 Å². The lowest BCUT2D eigenvalue weighted by molar-refractivity contribution is -0.140. The number of hydrogen-bond donors (Lipinski definition) is 3. The predicted molar refractivity (Wildman–Crippen MR) is 142 cm³/mol. The molecule has 0 aliphatic carbocycles. The van der Waals surface area contributed by atoms with E-state index in [1.54, 1.807) is 38.1 Å². The van der Waals surface area contributed by atoms with Crippen molar-refractivity contribution in [1.82, 2.24) is 4.72 Å². The molecule has 1 unspecified atom stereocenters. The Hall–Kier alpha value is -3.95. The zero-order chi connectivity index (χ0) is 26.7. The first-order valence-electron chi connectivity index (χ1n) is 11.9. The number of para-hydroxylation sites is 1. The van der Waals surface area contributed by atoms with E-state index >= 15 is 0 Å². The first-order chi connectivity index (χ1) is 17.6. The van der Waals surface area contributed by atoms with Crippen molar-refractivity contribution < 1.29 is 27.5 Å². The molecule has 4 aromatic rings. The summed E-state index contributed by atoms with van der Waals surface area (Å²) in [5, 5.41) is 13.1. The van der Waals surface area contributed by atoms with Crippen LogP contribution in [0.3, 0.4) is 0 Å². The monoisotopic (exact) mass is 520 g/mol. The molecule has 0 spiro atoms. The Morgan fingerprint density at radius 2 is 1.51 bits per heavy atom. The number of aryl methyl sites for hydroxylation is 1. The smallest absolute Gasteiger partial charge is 0.322 e. The molecule has 37 heavy (non-hydrogen) atoms. The van der Waals surface area contributed by atoms with Gasteiger partial charge in [0.25, 0.3) is 5.91 Å². The molecule has 1 heterocycles. The maximum atomic E-state index is 12.9. The summed E-state index contributed by atoms with van der Waals surface area (Å²) in [6, 6.07) is 19.6. The zero-order valence-electron chi connectivity index (χ0n) is 20.7.